The standard InChI is InChI=1S/C15H21N3/c1-11-5-3-8-13(9-11)14(12-6-4-7-12)15-17-16-10-18(15)2/h3,5,8-9,12,14,16H,4,6-7,10H2,1-2H3. The first kappa shape index (κ1) is 11.6. The normalized spacial score (nSPS) is 21.2. The lowest BCUT2D eigenvalue weighted by molar-refractivity contribution is 0.288. The van der Waals surface area contributed by atoms with Crippen LogP contribution in [0.25, 0.3) is 0 Å². The SMILES string of the molecule is Cc1cccc(C(C2=NNCN2C)C2CCC2)c1. The van der Waals surface area contributed by atoms with Gasteiger partial charge in [-0.3, -0.25) is 5.43 Å². The largest absolute Gasteiger partial charge is 0.342 e. The Morgan fingerprint density at radius 3 is 2.78 bits per heavy atom. The van der Waals surface area contributed by atoms with Crippen LogP contribution >= 0.6 is 0 Å². The minimum Gasteiger partial charge on any atom is -0.342 e. The van der Waals surface area contributed by atoms with E-state index in [4.69, 9.17) is 0 Å². The van der Waals surface area contributed by atoms with Crippen molar-refractivity contribution in [3.05, 3.63) is 35.4 Å². The Kier molecular flexibility index (Phi) is 2.98. The second-order valence-electron chi connectivity index (χ2n) is 5.57. The van der Waals surface area contributed by atoms with Gasteiger partial charge in [0.05, 0.1) is 0 Å². The average molecular weight is 243 g/mol. The number of hydrazone groups is 1. The molecule has 1 aromatic rings. The van der Waals surface area contributed by atoms with Crippen LogP contribution in [0.15, 0.2) is 29.4 Å². The number of nitrogens with zero attached hydrogens (tertiary/aromatic N) is 2. The third kappa shape index (κ3) is 1.98. The molecule has 1 aromatic carbocycles. The molecule has 0 spiro atoms. The fourth-order valence-corrected chi connectivity index (χ4v) is 2.96. The molecule has 1 saturated carbocycles. The van der Waals surface area contributed by atoms with Crippen molar-refractivity contribution in [1.82, 2.24) is 10.3 Å². The molecule has 0 bridgehead atoms. The number of amidine groups is 1. The van der Waals surface area contributed by atoms with Crippen molar-refractivity contribution >= 4 is 5.84 Å². The Morgan fingerprint density at radius 2 is 2.22 bits per heavy atom. The van der Waals surface area contributed by atoms with E-state index in [-0.39, 0.29) is 0 Å². The van der Waals surface area contributed by atoms with Crippen LogP contribution in [0.5, 0.6) is 0 Å². The summed E-state index contributed by atoms with van der Waals surface area (Å²) in [6.07, 6.45) is 4.05. The summed E-state index contributed by atoms with van der Waals surface area (Å²) in [7, 11) is 2.13. The van der Waals surface area contributed by atoms with Gasteiger partial charge in [0.2, 0.25) is 0 Å². The molecule has 0 saturated heterocycles. The van der Waals surface area contributed by atoms with Crippen molar-refractivity contribution in [2.24, 2.45) is 11.0 Å². The minimum absolute atomic E-state index is 0.471. The fourth-order valence-electron chi connectivity index (χ4n) is 2.96. The molecule has 1 aliphatic heterocycles. The van der Waals surface area contributed by atoms with E-state index in [9.17, 15) is 0 Å². The molecule has 1 fully saturated rings. The molecule has 3 nitrogen and oxygen atoms in total. The van der Waals surface area contributed by atoms with Crippen LogP contribution in [0, 0.1) is 12.8 Å². The third-order valence-electron chi connectivity index (χ3n) is 4.19. The summed E-state index contributed by atoms with van der Waals surface area (Å²) in [5.41, 5.74) is 5.87. The Morgan fingerprint density at radius 1 is 1.39 bits per heavy atom. The molecule has 1 N–H and O–H groups in total. The van der Waals surface area contributed by atoms with E-state index in [1.165, 1.54) is 36.2 Å². The van der Waals surface area contributed by atoms with Crippen molar-refractivity contribution in [3.8, 4) is 0 Å². The summed E-state index contributed by atoms with van der Waals surface area (Å²) < 4.78 is 0. The first-order chi connectivity index (χ1) is 8.75. The van der Waals surface area contributed by atoms with E-state index in [2.05, 4.69) is 53.7 Å². The van der Waals surface area contributed by atoms with E-state index < -0.39 is 0 Å². The maximum atomic E-state index is 4.52. The molecule has 96 valence electrons. The summed E-state index contributed by atoms with van der Waals surface area (Å²) in [5, 5.41) is 4.52. The summed E-state index contributed by atoms with van der Waals surface area (Å²) in [4.78, 5) is 2.24. The highest BCUT2D eigenvalue weighted by atomic mass is 15.5. The zero-order chi connectivity index (χ0) is 12.5. The van der Waals surface area contributed by atoms with Gasteiger partial charge in [0.15, 0.2) is 0 Å². The van der Waals surface area contributed by atoms with E-state index in [1.54, 1.807) is 0 Å². The lowest BCUT2D eigenvalue weighted by Gasteiger charge is -2.35. The van der Waals surface area contributed by atoms with Gasteiger partial charge in [0.25, 0.3) is 0 Å². The molecule has 18 heavy (non-hydrogen) atoms. The second-order valence-corrected chi connectivity index (χ2v) is 5.57. The van der Waals surface area contributed by atoms with Gasteiger partial charge in [-0.05, 0) is 31.2 Å². The maximum absolute atomic E-state index is 4.52. The van der Waals surface area contributed by atoms with Crippen molar-refractivity contribution in [2.45, 2.75) is 32.1 Å². The maximum Gasteiger partial charge on any atom is 0.133 e. The van der Waals surface area contributed by atoms with Crippen LogP contribution in [-0.2, 0) is 0 Å². The predicted octanol–water partition coefficient (Wildman–Crippen LogP) is 2.68. The molecule has 1 heterocycles. The highest BCUT2D eigenvalue weighted by Gasteiger charge is 2.35. The lowest BCUT2D eigenvalue weighted by atomic mass is 9.72. The minimum atomic E-state index is 0.471. The summed E-state index contributed by atoms with van der Waals surface area (Å²) in [6, 6.07) is 8.90. The zero-order valence-corrected chi connectivity index (χ0v) is 11.2. The molecule has 0 radical (unpaired) electrons. The summed E-state index contributed by atoms with van der Waals surface area (Å²) >= 11 is 0. The quantitative estimate of drug-likeness (QED) is 0.884. The van der Waals surface area contributed by atoms with Crippen LogP contribution < -0.4 is 5.43 Å². The molecule has 0 amide bonds. The van der Waals surface area contributed by atoms with Gasteiger partial charge in [0, 0.05) is 13.0 Å². The fraction of sp³-hybridized carbons (Fsp3) is 0.533. The number of benzene rings is 1. The third-order valence-corrected chi connectivity index (χ3v) is 4.19. The monoisotopic (exact) mass is 243 g/mol. The van der Waals surface area contributed by atoms with Crippen molar-refractivity contribution in [2.75, 3.05) is 13.7 Å². The molecule has 3 rings (SSSR count). The van der Waals surface area contributed by atoms with Gasteiger partial charge in [-0.25, -0.2) is 0 Å². The van der Waals surface area contributed by atoms with Crippen LogP contribution in [-0.4, -0.2) is 24.5 Å². The van der Waals surface area contributed by atoms with E-state index in [1.807, 2.05) is 0 Å². The second kappa shape index (κ2) is 4.63. The van der Waals surface area contributed by atoms with Gasteiger partial charge < -0.3 is 4.90 Å². The number of hydrogen-bond acceptors (Lipinski definition) is 3. The van der Waals surface area contributed by atoms with Crippen LogP contribution in [0.4, 0.5) is 0 Å². The molecule has 2 aliphatic rings. The average Bonchev–Trinajstić information content (AvgIpc) is 2.69. The number of hydrogen-bond donors (Lipinski definition) is 1. The Bertz CT molecular complexity index is 463. The highest BCUT2D eigenvalue weighted by Crippen LogP contribution is 2.41. The van der Waals surface area contributed by atoms with E-state index >= 15 is 0 Å². The molecule has 1 aliphatic carbocycles. The van der Waals surface area contributed by atoms with Crippen molar-refractivity contribution in [3.63, 3.8) is 0 Å². The van der Waals surface area contributed by atoms with Gasteiger partial charge in [-0.2, -0.15) is 5.10 Å². The first-order valence-corrected chi connectivity index (χ1v) is 6.84. The molecule has 0 aromatic heterocycles. The molecule has 1 atom stereocenters. The highest BCUT2D eigenvalue weighted by molar-refractivity contribution is 5.90. The molecular formula is C15H21N3. The predicted molar refractivity (Wildman–Crippen MR) is 74.5 cm³/mol. The van der Waals surface area contributed by atoms with Crippen LogP contribution in [0.3, 0.4) is 0 Å². The van der Waals surface area contributed by atoms with Crippen molar-refractivity contribution in [1.29, 1.82) is 0 Å². The van der Waals surface area contributed by atoms with Crippen molar-refractivity contribution < 1.29 is 0 Å². The number of nitrogens with one attached hydrogen (secondary N) is 1. The van der Waals surface area contributed by atoms with Gasteiger partial charge >= 0.3 is 0 Å². The van der Waals surface area contributed by atoms with Gasteiger partial charge in [-0.15, -0.1) is 0 Å². The van der Waals surface area contributed by atoms with Crippen LogP contribution in [0.2, 0.25) is 0 Å². The lowest BCUT2D eigenvalue weighted by Crippen LogP contribution is -2.35. The Labute approximate surface area is 109 Å². The Balaban J connectivity index is 1.95. The summed E-state index contributed by atoms with van der Waals surface area (Å²) in [6.45, 7) is 3.00. The number of rotatable bonds is 3. The molecular weight excluding hydrogens is 222 g/mol. The topological polar surface area (TPSA) is 27.6 Å². The van der Waals surface area contributed by atoms with E-state index in [0.29, 0.717) is 5.92 Å². The molecule has 3 heteroatoms. The zero-order valence-electron chi connectivity index (χ0n) is 11.2. The smallest absolute Gasteiger partial charge is 0.133 e. The summed E-state index contributed by atoms with van der Waals surface area (Å²) in [5.74, 6) is 2.46. The van der Waals surface area contributed by atoms with E-state index in [0.717, 1.165) is 12.6 Å². The Hall–Kier alpha value is -1.51. The number of aryl methyl sites for hydroxylation is 1. The number of likely N-dealkylation sites (N-methyl/N-ethyl adjacent to an activating group) is 1. The molecule has 1 unspecified atom stereocenters. The van der Waals surface area contributed by atoms with Gasteiger partial charge in [0.1, 0.15) is 12.5 Å². The van der Waals surface area contributed by atoms with Gasteiger partial charge in [-0.1, -0.05) is 36.2 Å². The first-order valence-electron chi connectivity index (χ1n) is 6.84. The van der Waals surface area contributed by atoms with Crippen LogP contribution in [0.1, 0.15) is 36.3 Å².